The van der Waals surface area contributed by atoms with Crippen LogP contribution in [0.4, 0.5) is 0 Å². The first-order chi connectivity index (χ1) is 4.75. The standard InChI is InChI=1S/C7H14N2O/c1-6-2-4-9(5-3-8)7(6)10/h6H,2-5,8H2,1H3. The van der Waals surface area contributed by atoms with Gasteiger partial charge >= 0.3 is 0 Å². The first-order valence-corrected chi connectivity index (χ1v) is 3.74. The summed E-state index contributed by atoms with van der Waals surface area (Å²) in [6.45, 7) is 4.18. The normalized spacial score (nSPS) is 26.0. The Labute approximate surface area is 61.2 Å². The molecule has 2 N–H and O–H groups in total. The molecule has 3 nitrogen and oxygen atoms in total. The van der Waals surface area contributed by atoms with Gasteiger partial charge in [-0.2, -0.15) is 0 Å². The summed E-state index contributed by atoms with van der Waals surface area (Å²) in [5.41, 5.74) is 5.32. The van der Waals surface area contributed by atoms with Crippen LogP contribution in [0.2, 0.25) is 0 Å². The number of carbonyl (C=O) groups is 1. The van der Waals surface area contributed by atoms with Gasteiger partial charge in [0.05, 0.1) is 0 Å². The van der Waals surface area contributed by atoms with Gasteiger partial charge in [-0.15, -0.1) is 0 Å². The lowest BCUT2D eigenvalue weighted by Crippen LogP contribution is -2.31. The molecule has 10 heavy (non-hydrogen) atoms. The van der Waals surface area contributed by atoms with Gasteiger partial charge in [0, 0.05) is 25.6 Å². The average Bonchev–Trinajstić information content (AvgIpc) is 2.20. The van der Waals surface area contributed by atoms with Crippen molar-refractivity contribution in [2.45, 2.75) is 13.3 Å². The zero-order chi connectivity index (χ0) is 7.56. The molecule has 0 radical (unpaired) electrons. The Bertz CT molecular complexity index is 134. The summed E-state index contributed by atoms with van der Waals surface area (Å²) in [7, 11) is 0. The van der Waals surface area contributed by atoms with Crippen molar-refractivity contribution in [1.82, 2.24) is 4.90 Å². The third kappa shape index (κ3) is 1.29. The van der Waals surface area contributed by atoms with E-state index in [-0.39, 0.29) is 11.8 Å². The van der Waals surface area contributed by atoms with Crippen molar-refractivity contribution in [1.29, 1.82) is 0 Å². The highest BCUT2D eigenvalue weighted by molar-refractivity contribution is 5.80. The highest BCUT2D eigenvalue weighted by Crippen LogP contribution is 2.15. The van der Waals surface area contributed by atoms with Crippen LogP contribution in [-0.4, -0.2) is 30.4 Å². The minimum absolute atomic E-state index is 0.228. The first kappa shape index (κ1) is 7.54. The molecule has 1 amide bonds. The molecular formula is C7H14N2O. The largest absolute Gasteiger partial charge is 0.341 e. The zero-order valence-corrected chi connectivity index (χ0v) is 6.34. The number of likely N-dealkylation sites (tertiary alicyclic amines) is 1. The number of nitrogens with zero attached hydrogens (tertiary/aromatic N) is 1. The Morgan fingerprint density at radius 2 is 2.50 bits per heavy atom. The minimum Gasteiger partial charge on any atom is -0.341 e. The third-order valence-corrected chi connectivity index (χ3v) is 1.96. The smallest absolute Gasteiger partial charge is 0.225 e. The van der Waals surface area contributed by atoms with Crippen molar-refractivity contribution in [2.24, 2.45) is 11.7 Å². The molecule has 1 aliphatic rings. The van der Waals surface area contributed by atoms with E-state index in [1.807, 2.05) is 11.8 Å². The van der Waals surface area contributed by atoms with E-state index in [9.17, 15) is 4.79 Å². The molecule has 1 saturated heterocycles. The van der Waals surface area contributed by atoms with E-state index in [1.54, 1.807) is 0 Å². The van der Waals surface area contributed by atoms with E-state index >= 15 is 0 Å². The SMILES string of the molecule is CC1CCN(CCN)C1=O. The molecule has 0 aromatic rings. The Morgan fingerprint density at radius 1 is 1.80 bits per heavy atom. The van der Waals surface area contributed by atoms with Gasteiger partial charge in [-0.3, -0.25) is 4.79 Å². The molecule has 0 aliphatic carbocycles. The Morgan fingerprint density at radius 3 is 2.90 bits per heavy atom. The van der Waals surface area contributed by atoms with Crippen LogP contribution in [0.5, 0.6) is 0 Å². The van der Waals surface area contributed by atoms with Gasteiger partial charge in [0.25, 0.3) is 0 Å². The molecule has 1 fully saturated rings. The number of hydrogen-bond donors (Lipinski definition) is 1. The lowest BCUT2D eigenvalue weighted by Gasteiger charge is -2.13. The number of hydrogen-bond acceptors (Lipinski definition) is 2. The van der Waals surface area contributed by atoms with E-state index in [2.05, 4.69) is 0 Å². The summed E-state index contributed by atoms with van der Waals surface area (Å²) in [5, 5.41) is 0. The van der Waals surface area contributed by atoms with Crippen LogP contribution in [0, 0.1) is 5.92 Å². The van der Waals surface area contributed by atoms with Gasteiger partial charge in [0.1, 0.15) is 0 Å². The van der Waals surface area contributed by atoms with Crippen molar-refractivity contribution in [3.05, 3.63) is 0 Å². The Hall–Kier alpha value is -0.570. The summed E-state index contributed by atoms with van der Waals surface area (Å²) in [4.78, 5) is 13.0. The van der Waals surface area contributed by atoms with Crippen LogP contribution in [0.3, 0.4) is 0 Å². The Kier molecular flexibility index (Phi) is 2.27. The summed E-state index contributed by atoms with van der Waals surface area (Å²) in [6, 6.07) is 0. The van der Waals surface area contributed by atoms with Crippen LogP contribution < -0.4 is 5.73 Å². The van der Waals surface area contributed by atoms with Gasteiger partial charge in [-0.25, -0.2) is 0 Å². The second kappa shape index (κ2) is 3.01. The van der Waals surface area contributed by atoms with Crippen molar-refractivity contribution in [2.75, 3.05) is 19.6 Å². The molecule has 1 unspecified atom stereocenters. The molecule has 1 aliphatic heterocycles. The topological polar surface area (TPSA) is 46.3 Å². The summed E-state index contributed by atoms with van der Waals surface area (Å²) >= 11 is 0. The maximum Gasteiger partial charge on any atom is 0.225 e. The fraction of sp³-hybridized carbons (Fsp3) is 0.857. The molecular weight excluding hydrogens is 128 g/mol. The van der Waals surface area contributed by atoms with Gasteiger partial charge in [-0.05, 0) is 6.42 Å². The highest BCUT2D eigenvalue weighted by atomic mass is 16.2. The third-order valence-electron chi connectivity index (χ3n) is 1.96. The van der Waals surface area contributed by atoms with Crippen LogP contribution in [0.1, 0.15) is 13.3 Å². The lowest BCUT2D eigenvalue weighted by atomic mass is 10.1. The molecule has 0 aromatic heterocycles. The Balaban J connectivity index is 2.41. The summed E-state index contributed by atoms with van der Waals surface area (Å²) < 4.78 is 0. The minimum atomic E-state index is 0.228. The summed E-state index contributed by atoms with van der Waals surface area (Å²) in [6.07, 6.45) is 0.999. The van der Waals surface area contributed by atoms with Gasteiger partial charge in [0.2, 0.25) is 5.91 Å². The van der Waals surface area contributed by atoms with E-state index in [1.165, 1.54) is 0 Å². The van der Waals surface area contributed by atoms with Gasteiger partial charge < -0.3 is 10.6 Å². The molecule has 3 heteroatoms. The van der Waals surface area contributed by atoms with Crippen LogP contribution in [0.25, 0.3) is 0 Å². The van der Waals surface area contributed by atoms with E-state index in [4.69, 9.17) is 5.73 Å². The fourth-order valence-electron chi connectivity index (χ4n) is 1.27. The number of amides is 1. The number of carbonyl (C=O) groups excluding carboxylic acids is 1. The van der Waals surface area contributed by atoms with E-state index in [0.29, 0.717) is 6.54 Å². The molecule has 0 spiro atoms. The average molecular weight is 142 g/mol. The number of rotatable bonds is 2. The summed E-state index contributed by atoms with van der Waals surface area (Å²) in [5.74, 6) is 0.497. The predicted octanol–water partition coefficient (Wildman–Crippen LogP) is -0.186. The van der Waals surface area contributed by atoms with Crippen molar-refractivity contribution < 1.29 is 4.79 Å². The molecule has 1 atom stereocenters. The van der Waals surface area contributed by atoms with Crippen molar-refractivity contribution >= 4 is 5.91 Å². The molecule has 0 saturated carbocycles. The zero-order valence-electron chi connectivity index (χ0n) is 6.34. The number of nitrogens with two attached hydrogens (primary N) is 1. The molecule has 0 aromatic carbocycles. The van der Waals surface area contributed by atoms with Gasteiger partial charge in [-0.1, -0.05) is 6.92 Å². The van der Waals surface area contributed by atoms with Crippen LogP contribution in [0.15, 0.2) is 0 Å². The van der Waals surface area contributed by atoms with E-state index in [0.717, 1.165) is 19.5 Å². The maximum absolute atomic E-state index is 11.2. The predicted molar refractivity (Wildman–Crippen MR) is 39.4 cm³/mol. The van der Waals surface area contributed by atoms with Crippen molar-refractivity contribution in [3.63, 3.8) is 0 Å². The highest BCUT2D eigenvalue weighted by Gasteiger charge is 2.26. The fourth-order valence-corrected chi connectivity index (χ4v) is 1.27. The van der Waals surface area contributed by atoms with Crippen molar-refractivity contribution in [3.8, 4) is 0 Å². The lowest BCUT2D eigenvalue weighted by molar-refractivity contribution is -0.130. The quantitative estimate of drug-likeness (QED) is 0.581. The van der Waals surface area contributed by atoms with E-state index < -0.39 is 0 Å². The monoisotopic (exact) mass is 142 g/mol. The van der Waals surface area contributed by atoms with Crippen LogP contribution >= 0.6 is 0 Å². The van der Waals surface area contributed by atoms with Crippen LogP contribution in [-0.2, 0) is 4.79 Å². The second-order valence-corrected chi connectivity index (χ2v) is 2.80. The molecule has 58 valence electrons. The molecule has 1 rings (SSSR count). The first-order valence-electron chi connectivity index (χ1n) is 3.74. The molecule has 1 heterocycles. The molecule has 0 bridgehead atoms. The second-order valence-electron chi connectivity index (χ2n) is 2.80. The van der Waals surface area contributed by atoms with Gasteiger partial charge in [0.15, 0.2) is 0 Å². The maximum atomic E-state index is 11.2.